The van der Waals surface area contributed by atoms with Crippen LogP contribution in [0.15, 0.2) is 23.2 Å². The zero-order chi connectivity index (χ0) is 18.9. The lowest BCUT2D eigenvalue weighted by Gasteiger charge is -2.12. The molecule has 6 nitrogen and oxygen atoms in total. The lowest BCUT2D eigenvalue weighted by Crippen LogP contribution is -2.38. The van der Waals surface area contributed by atoms with Crippen molar-refractivity contribution in [1.29, 1.82) is 0 Å². The van der Waals surface area contributed by atoms with Gasteiger partial charge in [-0.25, -0.2) is 9.98 Å². The van der Waals surface area contributed by atoms with Crippen LogP contribution < -0.4 is 20.1 Å². The largest absolute Gasteiger partial charge is 0.493 e. The van der Waals surface area contributed by atoms with Gasteiger partial charge in [-0.1, -0.05) is 6.07 Å². The molecule has 2 rings (SSSR count). The predicted molar refractivity (Wildman–Crippen MR) is 123 cm³/mol. The summed E-state index contributed by atoms with van der Waals surface area (Å²) < 4.78 is 10.6. The molecule has 0 saturated carbocycles. The standard InChI is InChI=1S/C19H28N4O2S.HI/c1-6-20-19(21-10-9-18-13(2)23-14(3)26-18)22-12-15-7-8-16(24-4)17(11-15)25-5;/h7-8,11H,6,9-10,12H2,1-5H3,(H2,20,21,22);1H. The van der Waals surface area contributed by atoms with Gasteiger partial charge in [-0.3, -0.25) is 0 Å². The van der Waals surface area contributed by atoms with Crippen LogP contribution in [-0.2, 0) is 13.0 Å². The van der Waals surface area contributed by atoms with E-state index in [9.17, 15) is 0 Å². The highest BCUT2D eigenvalue weighted by Crippen LogP contribution is 2.27. The number of nitrogens with zero attached hydrogens (tertiary/aromatic N) is 2. The van der Waals surface area contributed by atoms with Crippen molar-refractivity contribution >= 4 is 41.3 Å². The number of methoxy groups -OCH3 is 2. The topological polar surface area (TPSA) is 67.8 Å². The Hall–Kier alpha value is -1.55. The van der Waals surface area contributed by atoms with Crippen molar-refractivity contribution in [2.75, 3.05) is 27.3 Å². The number of guanidine groups is 1. The number of thiazole rings is 1. The van der Waals surface area contributed by atoms with E-state index in [1.807, 2.05) is 25.1 Å². The molecule has 0 unspecified atom stereocenters. The van der Waals surface area contributed by atoms with Gasteiger partial charge in [0.05, 0.1) is 31.5 Å². The second kappa shape index (κ2) is 12.0. The number of aliphatic imine (C=N–C) groups is 1. The van der Waals surface area contributed by atoms with E-state index in [0.717, 1.165) is 47.5 Å². The summed E-state index contributed by atoms with van der Waals surface area (Å²) in [7, 11) is 3.27. The summed E-state index contributed by atoms with van der Waals surface area (Å²) in [6.07, 6.45) is 0.943. The van der Waals surface area contributed by atoms with Gasteiger partial charge in [0, 0.05) is 24.4 Å². The van der Waals surface area contributed by atoms with E-state index in [0.29, 0.717) is 12.3 Å². The second-order valence-corrected chi connectivity index (χ2v) is 7.09. The maximum atomic E-state index is 5.35. The molecule has 150 valence electrons. The van der Waals surface area contributed by atoms with Gasteiger partial charge in [0.2, 0.25) is 0 Å². The fourth-order valence-electron chi connectivity index (χ4n) is 2.59. The van der Waals surface area contributed by atoms with E-state index in [1.165, 1.54) is 4.88 Å². The van der Waals surface area contributed by atoms with Gasteiger partial charge < -0.3 is 20.1 Å². The third kappa shape index (κ3) is 7.17. The summed E-state index contributed by atoms with van der Waals surface area (Å²) in [4.78, 5) is 10.5. The van der Waals surface area contributed by atoms with Crippen LogP contribution in [0.2, 0.25) is 0 Å². The molecular formula is C19H29IN4O2S. The van der Waals surface area contributed by atoms with Gasteiger partial charge >= 0.3 is 0 Å². The van der Waals surface area contributed by atoms with Gasteiger partial charge in [0.25, 0.3) is 0 Å². The minimum Gasteiger partial charge on any atom is -0.493 e. The molecule has 1 aromatic carbocycles. The van der Waals surface area contributed by atoms with Crippen molar-refractivity contribution < 1.29 is 9.47 Å². The highest BCUT2D eigenvalue weighted by molar-refractivity contribution is 14.0. The van der Waals surface area contributed by atoms with E-state index in [4.69, 9.17) is 9.47 Å². The molecule has 0 saturated heterocycles. The molecule has 0 radical (unpaired) electrons. The Kier molecular flexibility index (Phi) is 10.5. The fraction of sp³-hybridized carbons (Fsp3) is 0.474. The molecular weight excluding hydrogens is 475 g/mol. The molecule has 2 N–H and O–H groups in total. The number of hydrogen-bond acceptors (Lipinski definition) is 5. The molecule has 8 heteroatoms. The third-order valence-corrected chi connectivity index (χ3v) is 4.99. The Labute approximate surface area is 182 Å². The van der Waals surface area contributed by atoms with Gasteiger partial charge in [-0.2, -0.15) is 0 Å². The summed E-state index contributed by atoms with van der Waals surface area (Å²) in [5, 5.41) is 7.79. The van der Waals surface area contributed by atoms with E-state index in [1.54, 1.807) is 25.6 Å². The van der Waals surface area contributed by atoms with E-state index >= 15 is 0 Å². The smallest absolute Gasteiger partial charge is 0.191 e. The van der Waals surface area contributed by atoms with Gasteiger partial charge in [0.1, 0.15) is 0 Å². The van der Waals surface area contributed by atoms with Crippen LogP contribution >= 0.6 is 35.3 Å². The van der Waals surface area contributed by atoms with Crippen LogP contribution in [0.5, 0.6) is 11.5 Å². The molecule has 0 aliphatic rings. The fourth-order valence-corrected chi connectivity index (χ4v) is 3.53. The molecule has 1 aromatic heterocycles. The van der Waals surface area contributed by atoms with Crippen molar-refractivity contribution in [3.05, 3.63) is 39.3 Å². The first-order valence-electron chi connectivity index (χ1n) is 8.73. The number of rotatable bonds is 8. The Balaban J connectivity index is 0.00000364. The van der Waals surface area contributed by atoms with Crippen LogP contribution in [-0.4, -0.2) is 38.3 Å². The van der Waals surface area contributed by atoms with Gasteiger partial charge in [0.15, 0.2) is 17.5 Å². The molecule has 0 bridgehead atoms. The number of aromatic nitrogens is 1. The normalized spacial score (nSPS) is 10.9. The van der Waals surface area contributed by atoms with Gasteiger partial charge in [-0.15, -0.1) is 35.3 Å². The maximum absolute atomic E-state index is 5.35. The van der Waals surface area contributed by atoms with Crippen molar-refractivity contribution in [3.8, 4) is 11.5 Å². The first kappa shape index (κ1) is 23.5. The number of halogens is 1. The highest BCUT2D eigenvalue weighted by Gasteiger charge is 2.06. The lowest BCUT2D eigenvalue weighted by molar-refractivity contribution is 0.354. The summed E-state index contributed by atoms with van der Waals surface area (Å²) in [5.41, 5.74) is 2.19. The SMILES string of the molecule is CCNC(=NCc1ccc(OC)c(OC)c1)NCCc1sc(C)nc1C.I. The molecule has 0 atom stereocenters. The third-order valence-electron chi connectivity index (χ3n) is 3.86. The van der Waals surface area contributed by atoms with Crippen molar-refractivity contribution in [3.63, 3.8) is 0 Å². The predicted octanol–water partition coefficient (Wildman–Crippen LogP) is 3.69. The minimum absolute atomic E-state index is 0. The number of aryl methyl sites for hydroxylation is 2. The average molecular weight is 504 g/mol. The van der Waals surface area contributed by atoms with Crippen LogP contribution in [0.1, 0.15) is 28.1 Å². The quantitative estimate of drug-likeness (QED) is 0.326. The molecule has 0 aliphatic heterocycles. The molecule has 2 aromatic rings. The molecule has 0 amide bonds. The van der Waals surface area contributed by atoms with Gasteiger partial charge in [-0.05, 0) is 38.5 Å². The van der Waals surface area contributed by atoms with Crippen molar-refractivity contribution in [1.82, 2.24) is 15.6 Å². The van der Waals surface area contributed by atoms with Crippen LogP contribution in [0, 0.1) is 13.8 Å². The maximum Gasteiger partial charge on any atom is 0.191 e. The van der Waals surface area contributed by atoms with Crippen LogP contribution in [0.25, 0.3) is 0 Å². The summed E-state index contributed by atoms with van der Waals surface area (Å²) >= 11 is 1.76. The van der Waals surface area contributed by atoms with E-state index in [-0.39, 0.29) is 24.0 Å². The number of hydrogen-bond donors (Lipinski definition) is 2. The second-order valence-electron chi connectivity index (χ2n) is 5.80. The monoisotopic (exact) mass is 504 g/mol. The lowest BCUT2D eigenvalue weighted by atomic mass is 10.2. The van der Waals surface area contributed by atoms with Crippen molar-refractivity contribution in [2.45, 2.75) is 33.7 Å². The zero-order valence-corrected chi connectivity index (χ0v) is 19.7. The van der Waals surface area contributed by atoms with Crippen molar-refractivity contribution in [2.24, 2.45) is 4.99 Å². The average Bonchev–Trinajstić information content (AvgIpc) is 2.96. The molecule has 27 heavy (non-hydrogen) atoms. The molecule has 0 fully saturated rings. The number of benzene rings is 1. The Bertz CT molecular complexity index is 749. The number of nitrogens with one attached hydrogen (secondary N) is 2. The van der Waals surface area contributed by atoms with Crippen LogP contribution in [0.4, 0.5) is 0 Å². The molecule has 1 heterocycles. The summed E-state index contributed by atoms with van der Waals surface area (Å²) in [5.74, 6) is 2.25. The first-order chi connectivity index (χ1) is 12.6. The summed E-state index contributed by atoms with van der Waals surface area (Å²) in [6.45, 7) is 8.37. The molecule has 0 aliphatic carbocycles. The van der Waals surface area contributed by atoms with E-state index < -0.39 is 0 Å². The first-order valence-corrected chi connectivity index (χ1v) is 9.55. The minimum atomic E-state index is 0. The summed E-state index contributed by atoms with van der Waals surface area (Å²) in [6, 6.07) is 5.85. The van der Waals surface area contributed by atoms with E-state index in [2.05, 4.69) is 34.5 Å². The van der Waals surface area contributed by atoms with Crippen LogP contribution in [0.3, 0.4) is 0 Å². The number of ether oxygens (including phenoxy) is 2. The Morgan fingerprint density at radius 1 is 1.15 bits per heavy atom. The Morgan fingerprint density at radius 2 is 1.89 bits per heavy atom. The zero-order valence-electron chi connectivity index (χ0n) is 16.6. The molecule has 0 spiro atoms. The Morgan fingerprint density at radius 3 is 2.48 bits per heavy atom. The highest BCUT2D eigenvalue weighted by atomic mass is 127.